The van der Waals surface area contributed by atoms with Gasteiger partial charge in [0.15, 0.2) is 0 Å². The number of carbonyl (C=O) groups is 2. The summed E-state index contributed by atoms with van der Waals surface area (Å²) in [6, 6.07) is 6.53. The SMILES string of the molecule is C/C(=C\c1cccc(S(=O)(=O)N2CC[C@@H](O)C2)c1)[C@H]1OC(=O)C[C@H](O)CC[C@H](C)[C@@H](OC(=O)N2CCN(C)CC2)/C=C/[C@@H]1C. The lowest BCUT2D eigenvalue weighted by Gasteiger charge is -2.33. The molecular formula is C32H47N3O8S. The Balaban J connectivity index is 1.56. The third-order valence-electron chi connectivity index (χ3n) is 8.72. The zero-order valence-electron chi connectivity index (χ0n) is 26.2. The van der Waals surface area contributed by atoms with Crippen LogP contribution in [0, 0.1) is 11.8 Å². The molecule has 6 atom stereocenters. The first-order chi connectivity index (χ1) is 20.8. The fraction of sp³-hybridized carbons (Fsp3) is 0.625. The van der Waals surface area contributed by atoms with Gasteiger partial charge in [0.2, 0.25) is 10.0 Å². The van der Waals surface area contributed by atoms with Crippen molar-refractivity contribution in [2.24, 2.45) is 11.8 Å². The van der Waals surface area contributed by atoms with Crippen molar-refractivity contribution in [2.45, 2.75) is 75.8 Å². The smallest absolute Gasteiger partial charge is 0.410 e. The van der Waals surface area contributed by atoms with Crippen LogP contribution in [0.1, 0.15) is 52.0 Å². The first kappa shape index (κ1) is 34.1. The molecule has 0 bridgehead atoms. The van der Waals surface area contributed by atoms with Gasteiger partial charge in [-0.15, -0.1) is 0 Å². The molecule has 3 aliphatic heterocycles. The predicted octanol–water partition coefficient (Wildman–Crippen LogP) is 2.88. The third kappa shape index (κ3) is 8.91. The van der Waals surface area contributed by atoms with E-state index in [2.05, 4.69) is 4.90 Å². The predicted molar refractivity (Wildman–Crippen MR) is 166 cm³/mol. The number of aliphatic hydroxyl groups is 2. The maximum atomic E-state index is 13.2. The van der Waals surface area contributed by atoms with Crippen LogP contribution in [-0.4, -0.2) is 116 Å². The van der Waals surface area contributed by atoms with Crippen LogP contribution >= 0.6 is 0 Å². The Bertz CT molecular complexity index is 1320. The summed E-state index contributed by atoms with van der Waals surface area (Å²) in [5.74, 6) is -0.927. The van der Waals surface area contributed by atoms with Crippen LogP contribution in [0.2, 0.25) is 0 Å². The molecule has 1 aromatic rings. The van der Waals surface area contributed by atoms with Gasteiger partial charge in [0.05, 0.1) is 23.5 Å². The molecule has 244 valence electrons. The van der Waals surface area contributed by atoms with Gasteiger partial charge in [-0.05, 0) is 68.5 Å². The molecule has 2 N–H and O–H groups in total. The van der Waals surface area contributed by atoms with Gasteiger partial charge >= 0.3 is 12.1 Å². The Morgan fingerprint density at radius 3 is 2.43 bits per heavy atom. The van der Waals surface area contributed by atoms with Crippen molar-refractivity contribution < 1.29 is 37.7 Å². The quantitative estimate of drug-likeness (QED) is 0.371. The highest BCUT2D eigenvalue weighted by molar-refractivity contribution is 7.89. The molecule has 1 amide bonds. The number of esters is 1. The van der Waals surface area contributed by atoms with Crippen molar-refractivity contribution in [1.29, 1.82) is 0 Å². The lowest BCUT2D eigenvalue weighted by Crippen LogP contribution is -2.48. The third-order valence-corrected chi connectivity index (χ3v) is 10.6. The fourth-order valence-electron chi connectivity index (χ4n) is 5.82. The summed E-state index contributed by atoms with van der Waals surface area (Å²) in [4.78, 5) is 29.9. The van der Waals surface area contributed by atoms with Crippen LogP contribution in [0.25, 0.3) is 6.08 Å². The number of likely N-dealkylation sites (N-methyl/N-ethyl adjacent to an activating group) is 1. The molecule has 0 saturated carbocycles. The van der Waals surface area contributed by atoms with E-state index in [1.54, 1.807) is 29.2 Å². The zero-order valence-corrected chi connectivity index (χ0v) is 27.0. The summed E-state index contributed by atoms with van der Waals surface area (Å²) in [6.45, 7) is 8.78. The van der Waals surface area contributed by atoms with E-state index in [0.717, 1.165) is 13.1 Å². The van der Waals surface area contributed by atoms with Gasteiger partial charge < -0.3 is 29.5 Å². The second kappa shape index (κ2) is 15.0. The topological polar surface area (TPSA) is 137 Å². The van der Waals surface area contributed by atoms with E-state index in [-0.39, 0.29) is 42.3 Å². The molecule has 44 heavy (non-hydrogen) atoms. The van der Waals surface area contributed by atoms with Crippen LogP contribution in [0.5, 0.6) is 0 Å². The maximum absolute atomic E-state index is 13.2. The number of aliphatic hydroxyl groups excluding tert-OH is 2. The number of cyclic esters (lactones) is 1. The molecule has 0 spiro atoms. The van der Waals surface area contributed by atoms with Crippen LogP contribution in [0.3, 0.4) is 0 Å². The minimum Gasteiger partial charge on any atom is -0.457 e. The number of β-amino-alcohol motifs (C(OH)–C–C–N with tert-alkyl or cyclic N) is 1. The largest absolute Gasteiger partial charge is 0.457 e. The number of ether oxygens (including phenoxy) is 2. The number of rotatable bonds is 5. The van der Waals surface area contributed by atoms with Crippen molar-refractivity contribution in [3.05, 3.63) is 47.6 Å². The first-order valence-corrected chi connectivity index (χ1v) is 16.9. The van der Waals surface area contributed by atoms with Gasteiger partial charge in [-0.1, -0.05) is 38.1 Å². The molecule has 0 aliphatic carbocycles. The first-order valence-electron chi connectivity index (χ1n) is 15.5. The van der Waals surface area contributed by atoms with Crippen molar-refractivity contribution >= 4 is 28.2 Å². The van der Waals surface area contributed by atoms with Crippen LogP contribution in [0.4, 0.5) is 4.79 Å². The summed E-state index contributed by atoms with van der Waals surface area (Å²) >= 11 is 0. The number of piperazine rings is 1. The number of benzene rings is 1. The van der Waals surface area contributed by atoms with Gasteiger partial charge in [0.1, 0.15) is 12.2 Å². The van der Waals surface area contributed by atoms with Crippen molar-refractivity contribution in [3.63, 3.8) is 0 Å². The molecule has 2 fully saturated rings. The van der Waals surface area contributed by atoms with Crippen LogP contribution in [0.15, 0.2) is 46.9 Å². The highest BCUT2D eigenvalue weighted by Gasteiger charge is 2.32. The van der Waals surface area contributed by atoms with E-state index < -0.39 is 40.4 Å². The monoisotopic (exact) mass is 633 g/mol. The number of sulfonamides is 1. The van der Waals surface area contributed by atoms with E-state index in [1.165, 1.54) is 10.4 Å². The van der Waals surface area contributed by atoms with E-state index in [1.807, 2.05) is 40.0 Å². The van der Waals surface area contributed by atoms with Crippen molar-refractivity contribution in [2.75, 3.05) is 46.3 Å². The molecule has 3 aliphatic rings. The second-order valence-electron chi connectivity index (χ2n) is 12.5. The number of hydrogen-bond donors (Lipinski definition) is 2. The van der Waals surface area contributed by atoms with Crippen molar-refractivity contribution in [3.8, 4) is 0 Å². The van der Waals surface area contributed by atoms with E-state index in [9.17, 15) is 28.2 Å². The minimum absolute atomic E-state index is 0.0689. The van der Waals surface area contributed by atoms with Gasteiger partial charge in [0, 0.05) is 45.2 Å². The molecule has 0 unspecified atom stereocenters. The lowest BCUT2D eigenvalue weighted by molar-refractivity contribution is -0.151. The summed E-state index contributed by atoms with van der Waals surface area (Å²) in [7, 11) is -1.75. The van der Waals surface area contributed by atoms with Gasteiger partial charge in [-0.25, -0.2) is 13.2 Å². The lowest BCUT2D eigenvalue weighted by atomic mass is 9.91. The number of hydrogen-bond acceptors (Lipinski definition) is 9. The summed E-state index contributed by atoms with van der Waals surface area (Å²) in [6.07, 6.45) is 3.54. The molecule has 0 radical (unpaired) electrons. The Morgan fingerprint density at radius 1 is 1.02 bits per heavy atom. The second-order valence-corrected chi connectivity index (χ2v) is 14.4. The summed E-state index contributed by atoms with van der Waals surface area (Å²) in [5.41, 5.74) is 1.31. The molecule has 1 aromatic carbocycles. The zero-order chi connectivity index (χ0) is 32.0. The Labute approximate surface area is 261 Å². The highest BCUT2D eigenvalue weighted by atomic mass is 32.2. The van der Waals surface area contributed by atoms with Crippen molar-refractivity contribution in [1.82, 2.24) is 14.1 Å². The minimum atomic E-state index is -3.77. The molecule has 3 heterocycles. The standard InChI is InChI=1S/C32H47N3O8S/c1-22-8-10-26(36)20-30(38)43-31(23(2)9-11-29(22)42-32(39)34-16-14-33(4)15-17-34)24(3)18-25-6-5-7-28(19-25)44(40,41)35-13-12-27(37)21-35/h5-7,9,11,18-19,22-23,26-27,29,31,36-37H,8,10,12-17,20-21H2,1-4H3/b11-9+,24-18+/t22-,23-,26+,27+,29-,31-/m0/s1. The summed E-state index contributed by atoms with van der Waals surface area (Å²) in [5, 5.41) is 20.4. The number of carbonyl (C=O) groups excluding carboxylic acids is 2. The number of amides is 1. The average molecular weight is 634 g/mol. The van der Waals surface area contributed by atoms with Crippen LogP contribution in [-0.2, 0) is 24.3 Å². The summed E-state index contributed by atoms with van der Waals surface area (Å²) < 4.78 is 39.5. The van der Waals surface area contributed by atoms with E-state index in [0.29, 0.717) is 43.5 Å². The van der Waals surface area contributed by atoms with Gasteiger partial charge in [-0.2, -0.15) is 4.31 Å². The highest BCUT2D eigenvalue weighted by Crippen LogP contribution is 2.27. The molecule has 11 nitrogen and oxygen atoms in total. The Hall–Kier alpha value is -2.77. The molecule has 12 heteroatoms. The molecule has 2 saturated heterocycles. The average Bonchev–Trinajstić information content (AvgIpc) is 3.43. The Kier molecular flexibility index (Phi) is 11.6. The van der Waals surface area contributed by atoms with Gasteiger partial charge in [-0.3, -0.25) is 4.79 Å². The van der Waals surface area contributed by atoms with Crippen LogP contribution < -0.4 is 0 Å². The van der Waals surface area contributed by atoms with E-state index >= 15 is 0 Å². The van der Waals surface area contributed by atoms with Gasteiger partial charge in [0.25, 0.3) is 0 Å². The number of nitrogens with zero attached hydrogens (tertiary/aromatic N) is 3. The Morgan fingerprint density at radius 2 is 1.75 bits per heavy atom. The van der Waals surface area contributed by atoms with E-state index in [4.69, 9.17) is 9.47 Å². The molecular weight excluding hydrogens is 586 g/mol. The molecule has 0 aromatic heterocycles. The normalized spacial score (nSPS) is 31.1. The fourth-order valence-corrected chi connectivity index (χ4v) is 7.37. The maximum Gasteiger partial charge on any atom is 0.410 e. The molecule has 4 rings (SSSR count).